The molecule has 0 amide bonds. The van der Waals surface area contributed by atoms with Gasteiger partial charge >= 0.3 is 5.97 Å². The fraction of sp³-hybridized carbons (Fsp3) is 0.250. The molecule has 0 atom stereocenters. The molecule has 3 aromatic rings. The van der Waals surface area contributed by atoms with E-state index in [9.17, 15) is 4.79 Å². The zero-order valence-corrected chi connectivity index (χ0v) is 13.7. The van der Waals surface area contributed by atoms with E-state index in [2.05, 4.69) is 5.10 Å². The quantitative estimate of drug-likeness (QED) is 0.532. The summed E-state index contributed by atoms with van der Waals surface area (Å²) in [6.07, 6.45) is 0. The molecular weight excluding hydrogens is 311 g/mol. The molecule has 116 valence electrons. The Morgan fingerprint density at radius 2 is 2.09 bits per heavy atom. The number of methoxy groups -OCH3 is 1. The van der Waals surface area contributed by atoms with E-state index in [4.69, 9.17) is 17.3 Å². The van der Waals surface area contributed by atoms with Gasteiger partial charge in [0.05, 0.1) is 20.3 Å². The average Bonchev–Trinajstić information content (AvgIpc) is 3.10. The number of aromatic nitrogens is 2. The van der Waals surface area contributed by atoms with Crippen LogP contribution < -0.4 is 10.3 Å². The monoisotopic (exact) mass is 326 g/mol. The minimum atomic E-state index is -0.330. The van der Waals surface area contributed by atoms with Crippen LogP contribution in [0.2, 0.25) is 0 Å². The van der Waals surface area contributed by atoms with Gasteiger partial charge in [-0.05, 0) is 30.7 Å². The van der Waals surface area contributed by atoms with E-state index in [1.165, 1.54) is 11.3 Å². The Morgan fingerprint density at radius 1 is 1.35 bits per heavy atom. The molecule has 0 saturated carbocycles. The molecule has 23 heavy (non-hydrogen) atoms. The van der Waals surface area contributed by atoms with Crippen LogP contribution in [-0.4, -0.2) is 37.3 Å². The van der Waals surface area contributed by atoms with Crippen molar-refractivity contribution in [3.05, 3.63) is 40.8 Å². The van der Waals surface area contributed by atoms with E-state index < -0.39 is 0 Å². The minimum Gasteiger partial charge on any atom is -0.497 e. The van der Waals surface area contributed by atoms with Crippen molar-refractivity contribution in [1.29, 1.82) is 0 Å². The third-order valence-corrected chi connectivity index (χ3v) is 4.55. The van der Waals surface area contributed by atoms with Crippen molar-refractivity contribution in [2.75, 3.05) is 13.7 Å². The van der Waals surface area contributed by atoms with Crippen LogP contribution in [-0.2, 0) is 11.3 Å². The standard InChI is InChI=1S/C16H15BN2O3S/c1-3-22-16(20)13-8-12-14(17)18-19(15(12)23-13)9-10-4-6-11(21-2)7-5-10/h4-8H,3,9H2,1-2H3. The van der Waals surface area contributed by atoms with Gasteiger partial charge < -0.3 is 9.47 Å². The Hall–Kier alpha value is -2.28. The van der Waals surface area contributed by atoms with Crippen LogP contribution in [0.3, 0.4) is 0 Å². The summed E-state index contributed by atoms with van der Waals surface area (Å²) in [5.41, 5.74) is 1.49. The first-order valence-electron chi connectivity index (χ1n) is 7.18. The number of esters is 1. The molecule has 0 N–H and O–H groups in total. The van der Waals surface area contributed by atoms with Gasteiger partial charge in [0.15, 0.2) is 0 Å². The molecule has 1 aromatic carbocycles. The molecule has 0 aliphatic heterocycles. The van der Waals surface area contributed by atoms with Crippen molar-refractivity contribution in [3.63, 3.8) is 0 Å². The predicted molar refractivity (Wildman–Crippen MR) is 91.1 cm³/mol. The Kier molecular flexibility index (Phi) is 4.38. The van der Waals surface area contributed by atoms with Gasteiger partial charge in [-0.15, -0.1) is 11.3 Å². The van der Waals surface area contributed by atoms with E-state index >= 15 is 0 Å². The lowest BCUT2D eigenvalue weighted by atomic mass is 10.0. The van der Waals surface area contributed by atoms with E-state index in [0.717, 1.165) is 21.5 Å². The van der Waals surface area contributed by atoms with Gasteiger partial charge in [0.25, 0.3) is 0 Å². The molecule has 0 saturated heterocycles. The number of hydrogen-bond donors (Lipinski definition) is 0. The normalized spacial score (nSPS) is 10.9. The van der Waals surface area contributed by atoms with Crippen molar-refractivity contribution in [2.24, 2.45) is 0 Å². The van der Waals surface area contributed by atoms with Gasteiger partial charge in [0.1, 0.15) is 23.3 Å². The van der Waals surface area contributed by atoms with Crippen molar-refractivity contribution in [2.45, 2.75) is 13.5 Å². The number of fused-ring (bicyclic) bond motifs is 1. The van der Waals surface area contributed by atoms with Crippen molar-refractivity contribution in [1.82, 2.24) is 9.78 Å². The fourth-order valence-electron chi connectivity index (χ4n) is 2.30. The zero-order chi connectivity index (χ0) is 16.4. The topological polar surface area (TPSA) is 53.4 Å². The van der Waals surface area contributed by atoms with Crippen molar-refractivity contribution < 1.29 is 14.3 Å². The number of ether oxygens (including phenoxy) is 2. The first kappa shape index (κ1) is 15.6. The molecule has 7 heteroatoms. The Bertz CT molecular complexity index is 839. The molecule has 0 unspecified atom stereocenters. The second-order valence-electron chi connectivity index (χ2n) is 4.94. The van der Waals surface area contributed by atoms with Crippen LogP contribution >= 0.6 is 11.3 Å². The summed E-state index contributed by atoms with van der Waals surface area (Å²) in [6, 6.07) is 9.49. The molecule has 0 fully saturated rings. The summed E-state index contributed by atoms with van der Waals surface area (Å²) in [4.78, 5) is 13.3. The predicted octanol–water partition coefficient (Wildman–Crippen LogP) is 2.13. The van der Waals surface area contributed by atoms with Crippen LogP contribution in [0, 0.1) is 0 Å². The lowest BCUT2D eigenvalue weighted by Crippen LogP contribution is -2.10. The summed E-state index contributed by atoms with van der Waals surface area (Å²) in [6.45, 7) is 2.70. The number of thiophene rings is 1. The van der Waals surface area contributed by atoms with Gasteiger partial charge in [-0.3, -0.25) is 4.68 Å². The summed E-state index contributed by atoms with van der Waals surface area (Å²) >= 11 is 1.34. The van der Waals surface area contributed by atoms with Crippen LogP contribution in [0.15, 0.2) is 30.3 Å². The zero-order valence-electron chi connectivity index (χ0n) is 12.9. The van der Waals surface area contributed by atoms with Crippen LogP contribution in [0.4, 0.5) is 0 Å². The largest absolute Gasteiger partial charge is 0.497 e. The maximum atomic E-state index is 11.9. The van der Waals surface area contributed by atoms with Crippen molar-refractivity contribution in [3.8, 4) is 5.75 Å². The Morgan fingerprint density at radius 3 is 2.74 bits per heavy atom. The molecule has 5 nitrogen and oxygen atoms in total. The molecule has 2 radical (unpaired) electrons. The Labute approximate surface area is 139 Å². The van der Waals surface area contributed by atoms with Crippen LogP contribution in [0.25, 0.3) is 10.2 Å². The van der Waals surface area contributed by atoms with Crippen molar-refractivity contribution >= 4 is 41.0 Å². The first-order chi connectivity index (χ1) is 11.1. The minimum absolute atomic E-state index is 0.330. The number of hydrogen-bond acceptors (Lipinski definition) is 5. The molecular formula is C16H15BN2O3S. The molecule has 0 aliphatic carbocycles. The fourth-order valence-corrected chi connectivity index (χ4v) is 3.31. The van der Waals surface area contributed by atoms with Gasteiger partial charge in [-0.1, -0.05) is 12.1 Å². The highest BCUT2D eigenvalue weighted by Gasteiger charge is 2.16. The lowest BCUT2D eigenvalue weighted by Gasteiger charge is -2.04. The molecule has 0 bridgehead atoms. The highest BCUT2D eigenvalue weighted by atomic mass is 32.1. The van der Waals surface area contributed by atoms with Gasteiger partial charge in [-0.2, -0.15) is 5.10 Å². The second-order valence-corrected chi connectivity index (χ2v) is 5.97. The maximum Gasteiger partial charge on any atom is 0.348 e. The summed E-state index contributed by atoms with van der Waals surface area (Å²) < 4.78 is 12.0. The van der Waals surface area contributed by atoms with E-state index in [-0.39, 0.29) is 5.97 Å². The summed E-state index contributed by atoms with van der Waals surface area (Å²) in [5, 5.41) is 5.14. The number of carbonyl (C=O) groups excluding carboxylic acids is 1. The smallest absolute Gasteiger partial charge is 0.348 e. The molecule has 0 spiro atoms. The number of rotatable bonds is 5. The number of carbonyl (C=O) groups is 1. The maximum absolute atomic E-state index is 11.9. The third kappa shape index (κ3) is 3.10. The highest BCUT2D eigenvalue weighted by Crippen LogP contribution is 2.25. The summed E-state index contributed by atoms with van der Waals surface area (Å²) in [7, 11) is 7.60. The van der Waals surface area contributed by atoms with E-state index in [0.29, 0.717) is 23.6 Å². The summed E-state index contributed by atoms with van der Waals surface area (Å²) in [5.74, 6) is 0.476. The number of nitrogens with zero attached hydrogens (tertiary/aromatic N) is 2. The molecule has 2 aromatic heterocycles. The average molecular weight is 326 g/mol. The second kappa shape index (κ2) is 6.46. The lowest BCUT2D eigenvalue weighted by molar-refractivity contribution is 0.0532. The highest BCUT2D eigenvalue weighted by molar-refractivity contribution is 7.20. The van der Waals surface area contributed by atoms with E-state index in [1.807, 2.05) is 24.3 Å². The van der Waals surface area contributed by atoms with Gasteiger partial charge in [-0.25, -0.2) is 4.79 Å². The number of benzene rings is 1. The van der Waals surface area contributed by atoms with E-state index in [1.54, 1.807) is 24.8 Å². The van der Waals surface area contributed by atoms with Gasteiger partial charge in [0, 0.05) is 11.0 Å². The Balaban J connectivity index is 1.92. The van der Waals surface area contributed by atoms with Crippen LogP contribution in [0.1, 0.15) is 22.2 Å². The first-order valence-corrected chi connectivity index (χ1v) is 8.00. The molecule has 0 aliphatic rings. The SMILES string of the molecule is [B]c1nn(Cc2ccc(OC)cc2)c2sc(C(=O)OCC)cc12. The van der Waals surface area contributed by atoms with Crippen LogP contribution in [0.5, 0.6) is 5.75 Å². The molecule has 3 rings (SSSR count). The van der Waals surface area contributed by atoms with Gasteiger partial charge in [0.2, 0.25) is 0 Å². The molecule has 2 heterocycles. The third-order valence-electron chi connectivity index (χ3n) is 3.42.